The number of anilines is 2. The van der Waals surface area contributed by atoms with Crippen LogP contribution in [0, 0.1) is 0 Å². The molecule has 0 aromatic carbocycles. The molecule has 17 heavy (non-hydrogen) atoms. The third-order valence-electron chi connectivity index (χ3n) is 2.25. The predicted octanol–water partition coefficient (Wildman–Crippen LogP) is 0.758. The molecule has 4 N–H and O–H groups in total. The van der Waals surface area contributed by atoms with Crippen LogP contribution in [-0.4, -0.2) is 29.5 Å². The first kappa shape index (κ1) is 13.2. The zero-order chi connectivity index (χ0) is 12.7. The first-order valence-electron chi connectivity index (χ1n) is 5.73. The highest BCUT2D eigenvalue weighted by Gasteiger charge is 2.02. The van der Waals surface area contributed by atoms with Crippen LogP contribution in [0.2, 0.25) is 0 Å². The van der Waals surface area contributed by atoms with Gasteiger partial charge < -0.3 is 16.4 Å². The third kappa shape index (κ3) is 4.67. The molecule has 6 nitrogen and oxygen atoms in total. The SMILES string of the molecule is CCc1nc(NC)cc(NCCCC(N)=O)n1. The number of primary amides is 1. The lowest BCUT2D eigenvalue weighted by Crippen LogP contribution is -2.13. The molecule has 0 radical (unpaired) electrons. The van der Waals surface area contributed by atoms with E-state index in [1.807, 2.05) is 20.0 Å². The first-order chi connectivity index (χ1) is 8.15. The van der Waals surface area contributed by atoms with Crippen molar-refractivity contribution in [3.63, 3.8) is 0 Å². The lowest BCUT2D eigenvalue weighted by atomic mass is 10.3. The molecule has 94 valence electrons. The smallest absolute Gasteiger partial charge is 0.217 e. The highest BCUT2D eigenvalue weighted by Crippen LogP contribution is 2.11. The van der Waals surface area contributed by atoms with E-state index >= 15 is 0 Å². The molecular weight excluding hydrogens is 218 g/mol. The summed E-state index contributed by atoms with van der Waals surface area (Å²) in [7, 11) is 1.82. The van der Waals surface area contributed by atoms with Gasteiger partial charge in [0.15, 0.2) is 0 Å². The lowest BCUT2D eigenvalue weighted by Gasteiger charge is -2.08. The Kier molecular flexibility index (Phi) is 5.19. The molecule has 0 aliphatic carbocycles. The van der Waals surface area contributed by atoms with Crippen molar-refractivity contribution in [1.82, 2.24) is 9.97 Å². The molecule has 0 saturated carbocycles. The van der Waals surface area contributed by atoms with Gasteiger partial charge >= 0.3 is 0 Å². The normalized spacial score (nSPS) is 10.0. The van der Waals surface area contributed by atoms with Gasteiger partial charge in [0, 0.05) is 32.5 Å². The highest BCUT2D eigenvalue weighted by molar-refractivity contribution is 5.73. The van der Waals surface area contributed by atoms with Gasteiger partial charge in [-0.3, -0.25) is 4.79 Å². The number of carbonyl (C=O) groups excluding carboxylic acids is 1. The number of aryl methyl sites for hydroxylation is 1. The molecule has 0 atom stereocenters. The molecule has 0 aliphatic rings. The van der Waals surface area contributed by atoms with Crippen molar-refractivity contribution in [2.24, 2.45) is 5.73 Å². The standard InChI is InChI=1S/C11H19N5O/c1-3-9-15-10(13-2)7-11(16-9)14-6-4-5-8(12)17/h7H,3-6H2,1-2H3,(H2,12,17)(H2,13,14,15,16). The summed E-state index contributed by atoms with van der Waals surface area (Å²) in [4.78, 5) is 19.2. The van der Waals surface area contributed by atoms with Gasteiger partial charge in [0.25, 0.3) is 0 Å². The van der Waals surface area contributed by atoms with E-state index in [0.29, 0.717) is 19.4 Å². The lowest BCUT2D eigenvalue weighted by molar-refractivity contribution is -0.118. The molecule has 1 heterocycles. The fraction of sp³-hybridized carbons (Fsp3) is 0.545. The molecule has 0 bridgehead atoms. The van der Waals surface area contributed by atoms with E-state index in [9.17, 15) is 4.79 Å². The summed E-state index contributed by atoms with van der Waals surface area (Å²) in [6, 6.07) is 1.84. The maximum atomic E-state index is 10.6. The van der Waals surface area contributed by atoms with Crippen LogP contribution in [0.4, 0.5) is 11.6 Å². The Bertz CT molecular complexity index is 358. The van der Waals surface area contributed by atoms with Crippen LogP contribution in [-0.2, 0) is 11.2 Å². The van der Waals surface area contributed by atoms with Gasteiger partial charge in [-0.2, -0.15) is 0 Å². The molecule has 1 amide bonds. The molecule has 6 heteroatoms. The monoisotopic (exact) mass is 237 g/mol. The second kappa shape index (κ2) is 6.67. The molecule has 0 saturated heterocycles. The van der Waals surface area contributed by atoms with Crippen molar-refractivity contribution in [1.29, 1.82) is 0 Å². The minimum atomic E-state index is -0.278. The van der Waals surface area contributed by atoms with Crippen LogP contribution in [0.1, 0.15) is 25.6 Å². The van der Waals surface area contributed by atoms with Gasteiger partial charge in [0.1, 0.15) is 17.5 Å². The maximum absolute atomic E-state index is 10.6. The number of nitrogens with zero attached hydrogens (tertiary/aromatic N) is 2. The summed E-state index contributed by atoms with van der Waals surface area (Å²) in [5.41, 5.74) is 5.06. The minimum absolute atomic E-state index is 0.278. The van der Waals surface area contributed by atoms with E-state index in [-0.39, 0.29) is 5.91 Å². The van der Waals surface area contributed by atoms with Gasteiger partial charge in [0.2, 0.25) is 5.91 Å². The van der Waals surface area contributed by atoms with Crippen LogP contribution in [0.3, 0.4) is 0 Å². The maximum Gasteiger partial charge on any atom is 0.217 e. The Morgan fingerprint density at radius 1 is 1.41 bits per heavy atom. The van der Waals surface area contributed by atoms with E-state index in [1.54, 1.807) is 0 Å². The summed E-state index contributed by atoms with van der Waals surface area (Å²) >= 11 is 0. The second-order valence-electron chi connectivity index (χ2n) is 3.65. The summed E-state index contributed by atoms with van der Waals surface area (Å²) in [6.07, 6.45) is 1.87. The predicted molar refractivity (Wildman–Crippen MR) is 67.9 cm³/mol. The van der Waals surface area contributed by atoms with E-state index < -0.39 is 0 Å². The van der Waals surface area contributed by atoms with Gasteiger partial charge in [0.05, 0.1) is 0 Å². The molecular formula is C11H19N5O. The quantitative estimate of drug-likeness (QED) is 0.609. The van der Waals surface area contributed by atoms with Crippen molar-refractivity contribution in [2.45, 2.75) is 26.2 Å². The Morgan fingerprint density at radius 2 is 2.12 bits per heavy atom. The molecule has 1 aromatic heterocycles. The average molecular weight is 237 g/mol. The zero-order valence-electron chi connectivity index (χ0n) is 10.3. The van der Waals surface area contributed by atoms with Crippen molar-refractivity contribution in [2.75, 3.05) is 24.2 Å². The van der Waals surface area contributed by atoms with Crippen LogP contribution in [0.15, 0.2) is 6.07 Å². The fourth-order valence-corrected chi connectivity index (χ4v) is 1.35. The highest BCUT2D eigenvalue weighted by atomic mass is 16.1. The van der Waals surface area contributed by atoms with Gasteiger partial charge in [-0.25, -0.2) is 9.97 Å². The first-order valence-corrected chi connectivity index (χ1v) is 5.73. The van der Waals surface area contributed by atoms with Crippen molar-refractivity contribution < 1.29 is 4.79 Å². The number of hydrogen-bond acceptors (Lipinski definition) is 5. The molecule has 0 fully saturated rings. The van der Waals surface area contributed by atoms with Crippen molar-refractivity contribution in [3.8, 4) is 0 Å². The van der Waals surface area contributed by atoms with Gasteiger partial charge in [-0.15, -0.1) is 0 Å². The number of nitrogens with two attached hydrogens (primary N) is 1. The fourth-order valence-electron chi connectivity index (χ4n) is 1.35. The van der Waals surface area contributed by atoms with E-state index in [0.717, 1.165) is 23.9 Å². The summed E-state index contributed by atoms with van der Waals surface area (Å²) in [6.45, 7) is 2.68. The number of rotatable bonds is 7. The molecule has 0 unspecified atom stereocenters. The van der Waals surface area contributed by atoms with E-state index in [2.05, 4.69) is 20.6 Å². The topological polar surface area (TPSA) is 92.9 Å². The summed E-state index contributed by atoms with van der Waals surface area (Å²) < 4.78 is 0. The molecule has 0 aliphatic heterocycles. The Morgan fingerprint density at radius 3 is 2.71 bits per heavy atom. The van der Waals surface area contributed by atoms with Crippen molar-refractivity contribution in [3.05, 3.63) is 11.9 Å². The number of nitrogens with one attached hydrogen (secondary N) is 2. The molecule has 0 spiro atoms. The zero-order valence-corrected chi connectivity index (χ0v) is 10.3. The molecule has 1 aromatic rings. The van der Waals surface area contributed by atoms with E-state index in [4.69, 9.17) is 5.73 Å². The molecule has 1 rings (SSSR count). The van der Waals surface area contributed by atoms with Crippen LogP contribution in [0.25, 0.3) is 0 Å². The number of aromatic nitrogens is 2. The Labute approximate surface area is 101 Å². The van der Waals surface area contributed by atoms with E-state index in [1.165, 1.54) is 0 Å². The number of hydrogen-bond donors (Lipinski definition) is 3. The number of carbonyl (C=O) groups is 1. The minimum Gasteiger partial charge on any atom is -0.373 e. The average Bonchev–Trinajstić information content (AvgIpc) is 2.34. The van der Waals surface area contributed by atoms with Crippen molar-refractivity contribution >= 4 is 17.5 Å². The number of amides is 1. The Hall–Kier alpha value is -1.85. The third-order valence-corrected chi connectivity index (χ3v) is 2.25. The van der Waals surface area contributed by atoms with Gasteiger partial charge in [-0.05, 0) is 6.42 Å². The van der Waals surface area contributed by atoms with Crippen LogP contribution >= 0.6 is 0 Å². The van der Waals surface area contributed by atoms with Crippen LogP contribution in [0.5, 0.6) is 0 Å². The van der Waals surface area contributed by atoms with Crippen LogP contribution < -0.4 is 16.4 Å². The Balaban J connectivity index is 2.54. The van der Waals surface area contributed by atoms with Gasteiger partial charge in [-0.1, -0.05) is 6.92 Å². The summed E-state index contributed by atoms with van der Waals surface area (Å²) in [5.74, 6) is 2.06. The second-order valence-corrected chi connectivity index (χ2v) is 3.65. The summed E-state index contributed by atoms with van der Waals surface area (Å²) in [5, 5.41) is 6.14. The largest absolute Gasteiger partial charge is 0.373 e.